The lowest BCUT2D eigenvalue weighted by atomic mass is 10.1. The summed E-state index contributed by atoms with van der Waals surface area (Å²) in [6.45, 7) is 6.39. The van der Waals surface area contributed by atoms with Crippen LogP contribution in [0.5, 0.6) is 5.75 Å². The first-order valence-corrected chi connectivity index (χ1v) is 5.41. The summed E-state index contributed by atoms with van der Waals surface area (Å²) in [4.78, 5) is 10.5. The molecule has 3 heteroatoms. The molecule has 0 aliphatic heterocycles. The summed E-state index contributed by atoms with van der Waals surface area (Å²) < 4.78 is 5.54. The molecule has 0 radical (unpaired) electrons. The van der Waals surface area contributed by atoms with Gasteiger partial charge in [-0.05, 0) is 37.1 Å². The third-order valence-corrected chi connectivity index (χ3v) is 2.54. The molecule has 16 heavy (non-hydrogen) atoms. The second-order valence-corrected chi connectivity index (χ2v) is 4.26. The Bertz CT molecular complexity index is 371. The zero-order valence-corrected chi connectivity index (χ0v) is 9.99. The summed E-state index contributed by atoms with van der Waals surface area (Å²) in [6, 6.07) is 5.89. The molecule has 0 amide bonds. The largest absolute Gasteiger partial charge is 0.493 e. The predicted molar refractivity (Wildman–Crippen MR) is 62.8 cm³/mol. The molecule has 1 rings (SSSR count). The zero-order valence-electron chi connectivity index (χ0n) is 9.99. The second-order valence-electron chi connectivity index (χ2n) is 4.26. The van der Waals surface area contributed by atoms with E-state index in [4.69, 9.17) is 9.84 Å². The number of aryl methyl sites for hydroxylation is 2. The molecule has 88 valence electrons. The summed E-state index contributed by atoms with van der Waals surface area (Å²) in [5.41, 5.74) is 2.41. The van der Waals surface area contributed by atoms with Crippen LogP contribution >= 0.6 is 0 Å². The monoisotopic (exact) mass is 222 g/mol. The first kappa shape index (κ1) is 12.6. The molecule has 0 saturated heterocycles. The molecular weight excluding hydrogens is 204 g/mol. The Morgan fingerprint density at radius 1 is 1.38 bits per heavy atom. The molecule has 0 fully saturated rings. The van der Waals surface area contributed by atoms with Crippen LogP contribution in [0.25, 0.3) is 0 Å². The highest BCUT2D eigenvalue weighted by atomic mass is 16.5. The van der Waals surface area contributed by atoms with Crippen molar-refractivity contribution < 1.29 is 14.6 Å². The van der Waals surface area contributed by atoms with Crippen LogP contribution in [0.2, 0.25) is 0 Å². The van der Waals surface area contributed by atoms with E-state index in [9.17, 15) is 4.79 Å². The van der Waals surface area contributed by atoms with Gasteiger partial charge in [0.05, 0.1) is 13.0 Å². The Morgan fingerprint density at radius 3 is 2.62 bits per heavy atom. The molecule has 0 aromatic heterocycles. The molecule has 0 aliphatic carbocycles. The molecule has 1 atom stereocenters. The molecule has 0 spiro atoms. The first-order valence-electron chi connectivity index (χ1n) is 5.41. The summed E-state index contributed by atoms with van der Waals surface area (Å²) in [5.74, 6) is 0.0515. The Morgan fingerprint density at radius 2 is 2.06 bits per heavy atom. The van der Waals surface area contributed by atoms with Gasteiger partial charge < -0.3 is 9.84 Å². The SMILES string of the molecule is Cc1ccc(OCC(C)CC(=O)O)cc1C. The third-order valence-electron chi connectivity index (χ3n) is 2.54. The highest BCUT2D eigenvalue weighted by Gasteiger charge is 2.08. The van der Waals surface area contributed by atoms with Crippen molar-refractivity contribution in [1.82, 2.24) is 0 Å². The Labute approximate surface area is 96.1 Å². The van der Waals surface area contributed by atoms with E-state index in [1.54, 1.807) is 0 Å². The van der Waals surface area contributed by atoms with Crippen molar-refractivity contribution in [2.45, 2.75) is 27.2 Å². The Kier molecular flexibility index (Phi) is 4.35. The minimum Gasteiger partial charge on any atom is -0.493 e. The van der Waals surface area contributed by atoms with Gasteiger partial charge in [0, 0.05) is 5.92 Å². The maximum atomic E-state index is 10.5. The smallest absolute Gasteiger partial charge is 0.303 e. The molecule has 1 aromatic carbocycles. The van der Waals surface area contributed by atoms with Crippen molar-refractivity contribution >= 4 is 5.97 Å². The van der Waals surface area contributed by atoms with Gasteiger partial charge in [0.25, 0.3) is 0 Å². The lowest BCUT2D eigenvalue weighted by Gasteiger charge is -2.12. The van der Waals surface area contributed by atoms with Gasteiger partial charge in [-0.3, -0.25) is 4.79 Å². The molecule has 1 unspecified atom stereocenters. The van der Waals surface area contributed by atoms with Crippen LogP contribution in [0.1, 0.15) is 24.5 Å². The average molecular weight is 222 g/mol. The number of rotatable bonds is 5. The van der Waals surface area contributed by atoms with E-state index in [2.05, 4.69) is 0 Å². The van der Waals surface area contributed by atoms with Crippen molar-refractivity contribution in [3.05, 3.63) is 29.3 Å². The summed E-state index contributed by atoms with van der Waals surface area (Å²) in [7, 11) is 0. The van der Waals surface area contributed by atoms with Gasteiger partial charge in [-0.2, -0.15) is 0 Å². The van der Waals surface area contributed by atoms with Crippen LogP contribution in [0.4, 0.5) is 0 Å². The predicted octanol–water partition coefficient (Wildman–Crippen LogP) is 2.79. The molecule has 0 saturated carbocycles. The molecule has 1 aromatic rings. The van der Waals surface area contributed by atoms with Gasteiger partial charge in [0.1, 0.15) is 5.75 Å². The van der Waals surface area contributed by atoms with Crippen molar-refractivity contribution in [3.63, 3.8) is 0 Å². The fraction of sp³-hybridized carbons (Fsp3) is 0.462. The van der Waals surface area contributed by atoms with Gasteiger partial charge in [-0.1, -0.05) is 13.0 Å². The number of carbonyl (C=O) groups is 1. The molecular formula is C13H18O3. The first-order chi connectivity index (χ1) is 7.49. The molecule has 3 nitrogen and oxygen atoms in total. The van der Waals surface area contributed by atoms with Crippen LogP contribution < -0.4 is 4.74 Å². The van der Waals surface area contributed by atoms with Crippen molar-refractivity contribution in [3.8, 4) is 5.75 Å². The van der Waals surface area contributed by atoms with Crippen molar-refractivity contribution in [2.24, 2.45) is 5.92 Å². The van der Waals surface area contributed by atoms with Gasteiger partial charge in [-0.25, -0.2) is 0 Å². The van der Waals surface area contributed by atoms with Gasteiger partial charge >= 0.3 is 5.97 Å². The average Bonchev–Trinajstić information content (AvgIpc) is 2.19. The van der Waals surface area contributed by atoms with Crippen LogP contribution in [0.15, 0.2) is 18.2 Å². The summed E-state index contributed by atoms with van der Waals surface area (Å²) in [5, 5.41) is 8.61. The number of benzene rings is 1. The maximum absolute atomic E-state index is 10.5. The number of hydrogen-bond acceptors (Lipinski definition) is 2. The Hall–Kier alpha value is -1.51. The van der Waals surface area contributed by atoms with E-state index in [1.807, 2.05) is 39.0 Å². The minimum atomic E-state index is -0.781. The quantitative estimate of drug-likeness (QED) is 0.833. The number of carboxylic acids is 1. The molecule has 1 N–H and O–H groups in total. The fourth-order valence-corrected chi connectivity index (χ4v) is 1.40. The molecule has 0 heterocycles. The molecule has 0 bridgehead atoms. The molecule has 0 aliphatic rings. The van der Waals surface area contributed by atoms with E-state index in [0.29, 0.717) is 6.61 Å². The standard InChI is InChI=1S/C13H18O3/c1-9(6-13(14)15)8-16-12-5-4-10(2)11(3)7-12/h4-5,7,9H,6,8H2,1-3H3,(H,14,15). The number of ether oxygens (including phenoxy) is 1. The Balaban J connectivity index is 2.48. The zero-order chi connectivity index (χ0) is 12.1. The highest BCUT2D eigenvalue weighted by molar-refractivity contribution is 5.66. The summed E-state index contributed by atoms with van der Waals surface area (Å²) in [6.07, 6.45) is 0.144. The minimum absolute atomic E-state index is 0.0270. The number of carboxylic acid groups (broad SMARTS) is 1. The van der Waals surface area contributed by atoms with Crippen LogP contribution in [0.3, 0.4) is 0 Å². The van der Waals surface area contributed by atoms with Crippen LogP contribution in [-0.2, 0) is 4.79 Å². The van der Waals surface area contributed by atoms with Crippen molar-refractivity contribution in [1.29, 1.82) is 0 Å². The van der Waals surface area contributed by atoms with E-state index in [-0.39, 0.29) is 12.3 Å². The third kappa shape index (κ3) is 3.93. The van der Waals surface area contributed by atoms with Crippen LogP contribution in [-0.4, -0.2) is 17.7 Å². The van der Waals surface area contributed by atoms with Crippen LogP contribution in [0, 0.1) is 19.8 Å². The van der Waals surface area contributed by atoms with Crippen molar-refractivity contribution in [2.75, 3.05) is 6.61 Å². The lowest BCUT2D eigenvalue weighted by Crippen LogP contribution is -2.13. The normalized spacial score (nSPS) is 12.2. The topological polar surface area (TPSA) is 46.5 Å². The van der Waals surface area contributed by atoms with Gasteiger partial charge in [0.2, 0.25) is 0 Å². The fourth-order valence-electron chi connectivity index (χ4n) is 1.40. The van der Waals surface area contributed by atoms with Gasteiger partial charge in [-0.15, -0.1) is 0 Å². The number of aliphatic carboxylic acids is 1. The second kappa shape index (κ2) is 5.54. The highest BCUT2D eigenvalue weighted by Crippen LogP contribution is 2.17. The lowest BCUT2D eigenvalue weighted by molar-refractivity contribution is -0.138. The van der Waals surface area contributed by atoms with E-state index < -0.39 is 5.97 Å². The van der Waals surface area contributed by atoms with E-state index >= 15 is 0 Å². The van der Waals surface area contributed by atoms with E-state index in [0.717, 1.165) is 5.75 Å². The van der Waals surface area contributed by atoms with E-state index in [1.165, 1.54) is 11.1 Å². The maximum Gasteiger partial charge on any atom is 0.303 e. The van der Waals surface area contributed by atoms with Gasteiger partial charge in [0.15, 0.2) is 0 Å². The summed E-state index contributed by atoms with van der Waals surface area (Å²) >= 11 is 0. The number of hydrogen-bond donors (Lipinski definition) is 1.